The first-order valence-corrected chi connectivity index (χ1v) is 7.65. The van der Waals surface area contributed by atoms with Crippen molar-refractivity contribution in [1.82, 2.24) is 5.32 Å². The van der Waals surface area contributed by atoms with Crippen LogP contribution in [-0.4, -0.2) is 26.1 Å². The van der Waals surface area contributed by atoms with Crippen LogP contribution in [-0.2, 0) is 15.1 Å². The molecule has 22 heavy (non-hydrogen) atoms. The van der Waals surface area contributed by atoms with Gasteiger partial charge in [-0.25, -0.2) is 0 Å². The Hall–Kier alpha value is -1.91. The highest BCUT2D eigenvalue weighted by Crippen LogP contribution is 2.31. The molecule has 0 spiro atoms. The van der Waals surface area contributed by atoms with Crippen LogP contribution >= 0.6 is 0 Å². The average Bonchev–Trinajstić information content (AvgIpc) is 2.57. The third kappa shape index (κ3) is 3.29. The lowest BCUT2D eigenvalue weighted by atomic mass is 9.90. The van der Waals surface area contributed by atoms with Crippen LogP contribution in [0.4, 0.5) is 0 Å². The van der Waals surface area contributed by atoms with Crippen molar-refractivity contribution in [3.05, 3.63) is 48.0 Å². The number of benzene rings is 2. The number of rotatable bonds is 7. The highest BCUT2D eigenvalue weighted by Gasteiger charge is 2.36. The van der Waals surface area contributed by atoms with Crippen molar-refractivity contribution in [3.63, 3.8) is 0 Å². The second kappa shape index (κ2) is 7.38. The summed E-state index contributed by atoms with van der Waals surface area (Å²) in [6, 6.07) is 14.0. The molecule has 0 aromatic heterocycles. The zero-order chi connectivity index (χ0) is 16.0. The fraction of sp³-hybridized carbons (Fsp3) is 0.389. The van der Waals surface area contributed by atoms with Gasteiger partial charge in [0.05, 0.1) is 0 Å². The second-order valence-electron chi connectivity index (χ2n) is 5.52. The van der Waals surface area contributed by atoms with E-state index in [2.05, 4.69) is 5.32 Å². The minimum absolute atomic E-state index is 0.122. The van der Waals surface area contributed by atoms with E-state index in [0.717, 1.165) is 29.2 Å². The zero-order valence-corrected chi connectivity index (χ0v) is 13.3. The lowest BCUT2D eigenvalue weighted by Crippen LogP contribution is -2.44. The molecule has 0 aliphatic heterocycles. The molecular weight excluding hydrogens is 276 g/mol. The van der Waals surface area contributed by atoms with Gasteiger partial charge >= 0.3 is 0 Å². The van der Waals surface area contributed by atoms with Gasteiger partial charge in [0, 0.05) is 19.2 Å². The summed E-state index contributed by atoms with van der Waals surface area (Å²) in [5.41, 5.74) is 5.34. The first-order chi connectivity index (χ1) is 10.6. The van der Waals surface area contributed by atoms with E-state index < -0.39 is 5.60 Å². The van der Waals surface area contributed by atoms with Crippen LogP contribution in [0, 0.1) is 0 Å². The van der Waals surface area contributed by atoms with E-state index in [1.54, 1.807) is 7.11 Å². The Morgan fingerprint density at radius 3 is 2.64 bits per heavy atom. The number of amides is 1. The van der Waals surface area contributed by atoms with Crippen LogP contribution in [0.15, 0.2) is 42.5 Å². The maximum Gasteiger partial charge on any atom is 0.256 e. The molecule has 118 valence electrons. The highest BCUT2D eigenvalue weighted by molar-refractivity contribution is 5.94. The van der Waals surface area contributed by atoms with Crippen LogP contribution < -0.4 is 11.1 Å². The minimum atomic E-state index is -1.01. The summed E-state index contributed by atoms with van der Waals surface area (Å²) in [5, 5.41) is 5.08. The molecule has 1 atom stereocenters. The van der Waals surface area contributed by atoms with E-state index in [1.165, 1.54) is 0 Å². The predicted molar refractivity (Wildman–Crippen MR) is 89.6 cm³/mol. The molecule has 0 heterocycles. The van der Waals surface area contributed by atoms with E-state index in [9.17, 15) is 4.79 Å². The highest BCUT2D eigenvalue weighted by atomic mass is 16.5. The van der Waals surface area contributed by atoms with Gasteiger partial charge in [-0.15, -0.1) is 0 Å². The fourth-order valence-corrected chi connectivity index (χ4v) is 2.61. The minimum Gasteiger partial charge on any atom is -0.364 e. The molecule has 1 amide bonds. The summed E-state index contributed by atoms with van der Waals surface area (Å²) < 4.78 is 5.61. The molecule has 2 rings (SSSR count). The zero-order valence-electron chi connectivity index (χ0n) is 13.3. The largest absolute Gasteiger partial charge is 0.364 e. The fourth-order valence-electron chi connectivity index (χ4n) is 2.61. The molecule has 0 fully saturated rings. The number of fused-ring (bicyclic) bond motifs is 1. The van der Waals surface area contributed by atoms with Crippen molar-refractivity contribution in [3.8, 4) is 0 Å². The maximum atomic E-state index is 12.6. The molecular formula is C18H24N2O2. The standard InChI is InChI=1S/C18H24N2O2/c1-18(22-2,17(21)20-13-6-5-12-19)16-11-7-9-14-8-3-4-10-15(14)16/h3-4,7-11H,5-6,12-13,19H2,1-2H3,(H,20,21). The number of hydrogen-bond donors (Lipinski definition) is 2. The maximum absolute atomic E-state index is 12.6. The van der Waals surface area contributed by atoms with Gasteiger partial charge in [0.2, 0.25) is 0 Å². The number of nitrogens with one attached hydrogen (secondary N) is 1. The molecule has 0 radical (unpaired) electrons. The van der Waals surface area contributed by atoms with Crippen molar-refractivity contribution in [2.24, 2.45) is 5.73 Å². The summed E-state index contributed by atoms with van der Waals surface area (Å²) in [6.45, 7) is 3.06. The van der Waals surface area contributed by atoms with Gasteiger partial charge in [-0.2, -0.15) is 0 Å². The van der Waals surface area contributed by atoms with Crippen LogP contribution in [0.3, 0.4) is 0 Å². The van der Waals surface area contributed by atoms with Gasteiger partial charge in [0.1, 0.15) is 0 Å². The molecule has 3 N–H and O–H groups in total. The van der Waals surface area contributed by atoms with Gasteiger partial charge in [-0.1, -0.05) is 42.5 Å². The van der Waals surface area contributed by atoms with Crippen molar-refractivity contribution < 1.29 is 9.53 Å². The molecule has 2 aromatic rings. The third-order valence-corrected chi connectivity index (χ3v) is 4.06. The van der Waals surface area contributed by atoms with Gasteiger partial charge in [-0.05, 0) is 37.1 Å². The first-order valence-electron chi connectivity index (χ1n) is 7.65. The van der Waals surface area contributed by atoms with Crippen molar-refractivity contribution in [1.29, 1.82) is 0 Å². The van der Waals surface area contributed by atoms with Crippen molar-refractivity contribution in [2.75, 3.05) is 20.2 Å². The summed E-state index contributed by atoms with van der Waals surface area (Å²) in [4.78, 5) is 12.6. The van der Waals surface area contributed by atoms with Gasteiger partial charge < -0.3 is 15.8 Å². The third-order valence-electron chi connectivity index (χ3n) is 4.06. The normalized spacial score (nSPS) is 13.8. The number of methoxy groups -OCH3 is 1. The van der Waals surface area contributed by atoms with Crippen LogP contribution in [0.2, 0.25) is 0 Å². The average molecular weight is 300 g/mol. The number of nitrogens with two attached hydrogens (primary N) is 1. The molecule has 0 bridgehead atoms. The Balaban J connectivity index is 2.30. The quantitative estimate of drug-likeness (QED) is 0.772. The lowest BCUT2D eigenvalue weighted by Gasteiger charge is -2.28. The summed E-state index contributed by atoms with van der Waals surface area (Å²) in [5.74, 6) is -0.122. The Bertz CT molecular complexity index is 637. The number of carbonyl (C=O) groups is 1. The van der Waals surface area contributed by atoms with E-state index >= 15 is 0 Å². The second-order valence-corrected chi connectivity index (χ2v) is 5.52. The Morgan fingerprint density at radius 1 is 1.18 bits per heavy atom. The molecule has 4 heteroatoms. The van der Waals surface area contributed by atoms with Crippen LogP contribution in [0.5, 0.6) is 0 Å². The SMILES string of the molecule is COC(C)(C(=O)NCCCCN)c1cccc2ccccc12. The van der Waals surface area contributed by atoms with Gasteiger partial charge in [0.15, 0.2) is 5.60 Å². The molecule has 2 aromatic carbocycles. The Kier molecular flexibility index (Phi) is 5.52. The van der Waals surface area contributed by atoms with E-state index in [4.69, 9.17) is 10.5 Å². The predicted octanol–water partition coefficient (Wildman–Crippen LogP) is 2.56. The number of ether oxygens (including phenoxy) is 1. The number of unbranched alkanes of at least 4 members (excludes halogenated alkanes) is 1. The molecule has 1 unspecified atom stereocenters. The van der Waals surface area contributed by atoms with E-state index in [1.807, 2.05) is 49.4 Å². The van der Waals surface area contributed by atoms with Crippen LogP contribution in [0.1, 0.15) is 25.3 Å². The number of hydrogen-bond acceptors (Lipinski definition) is 3. The monoisotopic (exact) mass is 300 g/mol. The van der Waals surface area contributed by atoms with Crippen molar-refractivity contribution in [2.45, 2.75) is 25.4 Å². The molecule has 0 saturated carbocycles. The Labute approximate surface area is 131 Å². The summed E-state index contributed by atoms with van der Waals surface area (Å²) >= 11 is 0. The van der Waals surface area contributed by atoms with Gasteiger partial charge in [0.25, 0.3) is 5.91 Å². The summed E-state index contributed by atoms with van der Waals surface area (Å²) in [6.07, 6.45) is 1.77. The van der Waals surface area contributed by atoms with Crippen molar-refractivity contribution >= 4 is 16.7 Å². The molecule has 0 aliphatic carbocycles. The van der Waals surface area contributed by atoms with E-state index in [-0.39, 0.29) is 5.91 Å². The summed E-state index contributed by atoms with van der Waals surface area (Å²) in [7, 11) is 1.57. The number of carbonyl (C=O) groups excluding carboxylic acids is 1. The lowest BCUT2D eigenvalue weighted by molar-refractivity contribution is -0.142. The van der Waals surface area contributed by atoms with E-state index in [0.29, 0.717) is 13.1 Å². The smallest absolute Gasteiger partial charge is 0.256 e. The molecule has 0 aliphatic rings. The molecule has 0 saturated heterocycles. The van der Waals surface area contributed by atoms with Crippen LogP contribution in [0.25, 0.3) is 10.8 Å². The Morgan fingerprint density at radius 2 is 1.91 bits per heavy atom. The molecule has 4 nitrogen and oxygen atoms in total. The topological polar surface area (TPSA) is 64.3 Å². The first kappa shape index (κ1) is 16.5. The van der Waals surface area contributed by atoms with Gasteiger partial charge in [-0.3, -0.25) is 4.79 Å².